The van der Waals surface area contributed by atoms with Gasteiger partial charge < -0.3 is 15.0 Å². The van der Waals surface area contributed by atoms with Gasteiger partial charge in [0, 0.05) is 35.1 Å². The summed E-state index contributed by atoms with van der Waals surface area (Å²) in [5, 5.41) is 9.02. The molecule has 35 heavy (non-hydrogen) atoms. The van der Waals surface area contributed by atoms with Crippen molar-refractivity contribution >= 4 is 22.5 Å². The second-order valence-corrected chi connectivity index (χ2v) is 8.59. The van der Waals surface area contributed by atoms with Crippen LogP contribution in [0, 0.1) is 0 Å². The Hall–Kier alpha value is -3.92. The largest absolute Gasteiger partial charge is 0.435 e. The van der Waals surface area contributed by atoms with E-state index in [9.17, 15) is 13.6 Å². The first-order valence-electron chi connectivity index (χ1n) is 11.3. The lowest BCUT2D eigenvalue weighted by molar-refractivity contribution is -0.0498. The third-order valence-electron chi connectivity index (χ3n) is 6.15. The maximum atomic E-state index is 12.6. The molecule has 0 bridgehead atoms. The number of nitrogens with zero attached hydrogens (tertiary/aromatic N) is 5. The van der Waals surface area contributed by atoms with E-state index in [0.717, 1.165) is 48.0 Å². The third-order valence-corrected chi connectivity index (χ3v) is 6.15. The molecule has 3 aromatic heterocycles. The maximum Gasteiger partial charge on any atom is 0.387 e. The van der Waals surface area contributed by atoms with Crippen molar-refractivity contribution in [3.05, 3.63) is 66.7 Å². The molecule has 0 spiro atoms. The van der Waals surface area contributed by atoms with Gasteiger partial charge in [0.05, 0.1) is 17.9 Å². The molecule has 10 heteroatoms. The number of hydrogen-bond donors (Lipinski definition) is 1. The Morgan fingerprint density at radius 3 is 2.54 bits per heavy atom. The van der Waals surface area contributed by atoms with Crippen LogP contribution < -0.4 is 10.1 Å². The molecule has 1 aliphatic heterocycles. The third kappa shape index (κ3) is 5.27. The van der Waals surface area contributed by atoms with Gasteiger partial charge in [-0.3, -0.25) is 14.5 Å². The number of halogens is 2. The van der Waals surface area contributed by atoms with Crippen molar-refractivity contribution in [2.24, 2.45) is 0 Å². The fraction of sp³-hybridized carbons (Fsp3) is 0.280. The van der Waals surface area contributed by atoms with Gasteiger partial charge in [0.25, 0.3) is 5.91 Å². The number of anilines is 1. The summed E-state index contributed by atoms with van der Waals surface area (Å²) in [5.41, 5.74) is 2.01. The van der Waals surface area contributed by atoms with E-state index < -0.39 is 12.5 Å². The van der Waals surface area contributed by atoms with Gasteiger partial charge >= 0.3 is 6.61 Å². The number of amides is 1. The van der Waals surface area contributed by atoms with Crippen LogP contribution in [0.3, 0.4) is 0 Å². The predicted octanol–water partition coefficient (Wildman–Crippen LogP) is 4.61. The Morgan fingerprint density at radius 2 is 1.80 bits per heavy atom. The molecular weight excluding hydrogens is 454 g/mol. The summed E-state index contributed by atoms with van der Waals surface area (Å²) in [7, 11) is 2.14. The number of carbonyl (C=O) groups is 1. The van der Waals surface area contributed by atoms with Gasteiger partial charge in [-0.1, -0.05) is 0 Å². The van der Waals surface area contributed by atoms with E-state index in [1.54, 1.807) is 18.5 Å². The number of pyridine rings is 2. The van der Waals surface area contributed by atoms with E-state index in [1.165, 1.54) is 24.3 Å². The summed E-state index contributed by atoms with van der Waals surface area (Å²) in [4.78, 5) is 23.8. The van der Waals surface area contributed by atoms with E-state index >= 15 is 0 Å². The number of aromatic nitrogens is 4. The molecule has 0 unspecified atom stereocenters. The summed E-state index contributed by atoms with van der Waals surface area (Å²) < 4.78 is 31.0. The first kappa shape index (κ1) is 22.9. The van der Waals surface area contributed by atoms with Gasteiger partial charge in [-0.15, -0.1) is 0 Å². The monoisotopic (exact) mass is 478 g/mol. The van der Waals surface area contributed by atoms with Gasteiger partial charge in [0.2, 0.25) is 0 Å². The molecular formula is C25H24F2N6O2. The topological polar surface area (TPSA) is 85.2 Å². The van der Waals surface area contributed by atoms with Gasteiger partial charge in [-0.2, -0.15) is 13.9 Å². The molecule has 1 aromatic carbocycles. The fourth-order valence-electron chi connectivity index (χ4n) is 4.17. The van der Waals surface area contributed by atoms with Crippen LogP contribution in [-0.2, 0) is 0 Å². The molecule has 8 nitrogen and oxygen atoms in total. The SMILES string of the molecule is CN1CCC(n2cc(-c3cc4cc(NC(=O)c5ccc(OC(F)F)cc5)ncc4cn3)cn2)CC1. The summed E-state index contributed by atoms with van der Waals surface area (Å²) in [6, 6.07) is 9.57. The Kier molecular flexibility index (Phi) is 6.37. The van der Waals surface area contributed by atoms with Crippen LogP contribution in [0.2, 0.25) is 0 Å². The molecule has 1 fully saturated rings. The van der Waals surface area contributed by atoms with E-state index in [4.69, 9.17) is 0 Å². The Bertz CT molecular complexity index is 1330. The number of nitrogens with one attached hydrogen (secondary N) is 1. The summed E-state index contributed by atoms with van der Waals surface area (Å²) in [5.74, 6) is -0.0525. The van der Waals surface area contributed by atoms with Crippen LogP contribution in [0.25, 0.3) is 22.0 Å². The summed E-state index contributed by atoms with van der Waals surface area (Å²) in [6.45, 7) is -0.800. The smallest absolute Gasteiger partial charge is 0.387 e. The molecule has 0 radical (unpaired) electrons. The molecule has 180 valence electrons. The minimum atomic E-state index is -2.92. The quantitative estimate of drug-likeness (QED) is 0.436. The zero-order chi connectivity index (χ0) is 24.4. The molecule has 1 saturated heterocycles. The van der Waals surface area contributed by atoms with Gasteiger partial charge in [0.15, 0.2) is 0 Å². The molecule has 4 aromatic rings. The molecule has 5 rings (SSSR count). The first-order chi connectivity index (χ1) is 16.9. The number of ether oxygens (including phenoxy) is 1. The second kappa shape index (κ2) is 9.75. The highest BCUT2D eigenvalue weighted by atomic mass is 19.3. The lowest BCUT2D eigenvalue weighted by Gasteiger charge is -2.28. The van der Waals surface area contributed by atoms with Gasteiger partial charge in [-0.25, -0.2) is 4.98 Å². The van der Waals surface area contributed by atoms with Crippen molar-refractivity contribution in [2.75, 3.05) is 25.5 Å². The predicted molar refractivity (Wildman–Crippen MR) is 128 cm³/mol. The van der Waals surface area contributed by atoms with E-state index in [-0.39, 0.29) is 5.75 Å². The van der Waals surface area contributed by atoms with E-state index in [2.05, 4.69) is 37.1 Å². The fourth-order valence-corrected chi connectivity index (χ4v) is 4.17. The number of benzene rings is 1. The highest BCUT2D eigenvalue weighted by Gasteiger charge is 2.19. The highest BCUT2D eigenvalue weighted by molar-refractivity contribution is 6.04. The molecule has 0 saturated carbocycles. The van der Waals surface area contributed by atoms with Crippen molar-refractivity contribution in [3.63, 3.8) is 0 Å². The zero-order valence-electron chi connectivity index (χ0n) is 19.1. The number of carbonyl (C=O) groups excluding carboxylic acids is 1. The molecule has 4 heterocycles. The Balaban J connectivity index is 1.32. The number of fused-ring (bicyclic) bond motifs is 1. The van der Waals surface area contributed by atoms with Gasteiger partial charge in [0.1, 0.15) is 11.6 Å². The molecule has 0 aliphatic carbocycles. The number of piperidine rings is 1. The van der Waals surface area contributed by atoms with Crippen LogP contribution >= 0.6 is 0 Å². The minimum absolute atomic E-state index is 0.0143. The summed E-state index contributed by atoms with van der Waals surface area (Å²) in [6.07, 6.45) is 9.40. The van der Waals surface area contributed by atoms with Crippen LogP contribution in [-0.4, -0.2) is 57.3 Å². The lowest BCUT2D eigenvalue weighted by atomic mass is 10.1. The van der Waals surface area contributed by atoms with E-state index in [1.807, 2.05) is 23.1 Å². The lowest BCUT2D eigenvalue weighted by Crippen LogP contribution is -2.31. The second-order valence-electron chi connectivity index (χ2n) is 8.59. The average Bonchev–Trinajstić information content (AvgIpc) is 3.34. The summed E-state index contributed by atoms with van der Waals surface area (Å²) >= 11 is 0. The average molecular weight is 479 g/mol. The number of likely N-dealkylation sites (tertiary alicyclic amines) is 1. The molecule has 1 aliphatic rings. The molecule has 1 N–H and O–H groups in total. The minimum Gasteiger partial charge on any atom is -0.435 e. The van der Waals surface area contributed by atoms with Crippen LogP contribution in [0.5, 0.6) is 5.75 Å². The number of hydrogen-bond acceptors (Lipinski definition) is 6. The molecule has 1 amide bonds. The Morgan fingerprint density at radius 1 is 1.06 bits per heavy atom. The normalized spacial score (nSPS) is 15.0. The van der Waals surface area contributed by atoms with Crippen molar-refractivity contribution < 1.29 is 18.3 Å². The van der Waals surface area contributed by atoms with Crippen molar-refractivity contribution in [3.8, 4) is 17.0 Å². The van der Waals surface area contributed by atoms with Crippen LogP contribution in [0.4, 0.5) is 14.6 Å². The van der Waals surface area contributed by atoms with E-state index in [0.29, 0.717) is 17.4 Å². The van der Waals surface area contributed by atoms with Crippen molar-refractivity contribution in [2.45, 2.75) is 25.5 Å². The number of alkyl halides is 2. The van der Waals surface area contributed by atoms with Gasteiger partial charge in [-0.05, 0) is 74.8 Å². The Labute approximate surface area is 200 Å². The standard InChI is InChI=1S/C25H24F2N6O2/c1-32-8-6-20(7-9-32)33-15-19(14-30-33)22-10-17-11-23(29-13-18(17)12-28-22)31-24(34)16-2-4-21(5-3-16)35-25(26)27/h2-5,10-15,20,25H,6-9H2,1H3,(H,29,31,34). The first-order valence-corrected chi connectivity index (χ1v) is 11.3. The van der Waals surface area contributed by atoms with Crippen LogP contribution in [0.1, 0.15) is 29.2 Å². The van der Waals surface area contributed by atoms with Crippen LogP contribution in [0.15, 0.2) is 61.2 Å². The van der Waals surface area contributed by atoms with Crippen molar-refractivity contribution in [1.82, 2.24) is 24.6 Å². The maximum absolute atomic E-state index is 12.6. The zero-order valence-corrected chi connectivity index (χ0v) is 19.1. The number of rotatable bonds is 6. The highest BCUT2D eigenvalue weighted by Crippen LogP contribution is 2.26. The van der Waals surface area contributed by atoms with Crippen molar-refractivity contribution in [1.29, 1.82) is 0 Å². The molecule has 0 atom stereocenters.